The fourth-order valence-electron chi connectivity index (χ4n) is 1.14. The van der Waals surface area contributed by atoms with Crippen LogP contribution >= 0.6 is 22.6 Å². The maximum atomic E-state index is 8.81. The average molecular weight is 328 g/mol. The number of aromatic nitrogens is 2. The molecule has 0 aliphatic rings. The SMILES string of the molecule is OCc1ccc(Oc2cccc(I)c2)nn1. The summed E-state index contributed by atoms with van der Waals surface area (Å²) >= 11 is 2.21. The Kier molecular flexibility index (Phi) is 3.68. The zero-order valence-electron chi connectivity index (χ0n) is 8.30. The minimum Gasteiger partial charge on any atom is -0.437 e. The van der Waals surface area contributed by atoms with Gasteiger partial charge in [0.1, 0.15) is 5.75 Å². The molecule has 4 nitrogen and oxygen atoms in total. The summed E-state index contributed by atoms with van der Waals surface area (Å²) in [4.78, 5) is 0. The first-order valence-corrected chi connectivity index (χ1v) is 5.73. The zero-order chi connectivity index (χ0) is 11.4. The highest BCUT2D eigenvalue weighted by molar-refractivity contribution is 14.1. The number of ether oxygens (including phenoxy) is 1. The minimum absolute atomic E-state index is 0.115. The Morgan fingerprint density at radius 2 is 2.06 bits per heavy atom. The number of nitrogens with zero attached hydrogens (tertiary/aromatic N) is 2. The Labute approximate surface area is 106 Å². The van der Waals surface area contributed by atoms with E-state index < -0.39 is 0 Å². The fourth-order valence-corrected chi connectivity index (χ4v) is 1.65. The van der Waals surface area contributed by atoms with E-state index in [-0.39, 0.29) is 6.61 Å². The zero-order valence-corrected chi connectivity index (χ0v) is 10.5. The summed E-state index contributed by atoms with van der Waals surface area (Å²) in [6.07, 6.45) is 0. The van der Waals surface area contributed by atoms with E-state index >= 15 is 0 Å². The molecule has 5 heteroatoms. The number of aliphatic hydroxyl groups excluding tert-OH is 1. The molecule has 0 saturated carbocycles. The van der Waals surface area contributed by atoms with Crippen LogP contribution in [0.3, 0.4) is 0 Å². The molecule has 0 bridgehead atoms. The highest BCUT2D eigenvalue weighted by Gasteiger charge is 2.00. The van der Waals surface area contributed by atoms with Gasteiger partial charge in [-0.15, -0.1) is 10.2 Å². The monoisotopic (exact) mass is 328 g/mol. The van der Waals surface area contributed by atoms with Crippen LogP contribution in [-0.4, -0.2) is 15.3 Å². The third-order valence-corrected chi connectivity index (χ3v) is 2.55. The molecule has 1 aromatic heterocycles. The molecule has 2 rings (SSSR count). The second kappa shape index (κ2) is 5.22. The van der Waals surface area contributed by atoms with Crippen LogP contribution in [-0.2, 0) is 6.61 Å². The molecule has 0 saturated heterocycles. The van der Waals surface area contributed by atoms with Gasteiger partial charge in [-0.2, -0.15) is 0 Å². The fraction of sp³-hybridized carbons (Fsp3) is 0.0909. The normalized spacial score (nSPS) is 10.1. The first-order valence-electron chi connectivity index (χ1n) is 4.65. The summed E-state index contributed by atoms with van der Waals surface area (Å²) in [5, 5.41) is 16.4. The van der Waals surface area contributed by atoms with Crippen LogP contribution in [0, 0.1) is 3.57 Å². The maximum Gasteiger partial charge on any atom is 0.238 e. The number of benzene rings is 1. The van der Waals surface area contributed by atoms with Gasteiger partial charge in [0.15, 0.2) is 0 Å². The molecule has 82 valence electrons. The Balaban J connectivity index is 2.14. The molecule has 0 atom stereocenters. The molecule has 1 N–H and O–H groups in total. The van der Waals surface area contributed by atoms with E-state index in [9.17, 15) is 0 Å². The first kappa shape index (κ1) is 11.3. The number of rotatable bonds is 3. The molecule has 1 aromatic carbocycles. The van der Waals surface area contributed by atoms with Gasteiger partial charge >= 0.3 is 0 Å². The van der Waals surface area contributed by atoms with E-state index in [4.69, 9.17) is 9.84 Å². The number of hydrogen-bond donors (Lipinski definition) is 1. The molecule has 16 heavy (non-hydrogen) atoms. The Morgan fingerprint density at radius 1 is 1.19 bits per heavy atom. The molecular weight excluding hydrogens is 319 g/mol. The van der Waals surface area contributed by atoms with Crippen LogP contribution in [0.5, 0.6) is 11.6 Å². The van der Waals surface area contributed by atoms with Crippen molar-refractivity contribution in [1.82, 2.24) is 10.2 Å². The highest BCUT2D eigenvalue weighted by Crippen LogP contribution is 2.20. The molecule has 0 fully saturated rings. The smallest absolute Gasteiger partial charge is 0.238 e. The Bertz CT molecular complexity index is 474. The highest BCUT2D eigenvalue weighted by atomic mass is 127. The topological polar surface area (TPSA) is 55.2 Å². The summed E-state index contributed by atoms with van der Waals surface area (Å²) in [6, 6.07) is 11.0. The molecule has 0 spiro atoms. The summed E-state index contributed by atoms with van der Waals surface area (Å²) in [5.41, 5.74) is 0.523. The van der Waals surface area contributed by atoms with Gasteiger partial charge in [-0.3, -0.25) is 0 Å². The van der Waals surface area contributed by atoms with Crippen molar-refractivity contribution in [2.24, 2.45) is 0 Å². The van der Waals surface area contributed by atoms with Crippen LogP contribution in [0.4, 0.5) is 0 Å². The number of halogens is 1. The Hall–Kier alpha value is -1.21. The van der Waals surface area contributed by atoms with E-state index in [1.807, 2.05) is 24.3 Å². The van der Waals surface area contributed by atoms with Crippen LogP contribution in [0.1, 0.15) is 5.69 Å². The van der Waals surface area contributed by atoms with Crippen LogP contribution < -0.4 is 4.74 Å². The molecule has 0 amide bonds. The van der Waals surface area contributed by atoms with E-state index in [0.717, 1.165) is 9.32 Å². The maximum absolute atomic E-state index is 8.81. The van der Waals surface area contributed by atoms with Crippen LogP contribution in [0.25, 0.3) is 0 Å². The predicted octanol–water partition coefficient (Wildman–Crippen LogP) is 2.37. The van der Waals surface area contributed by atoms with Gasteiger partial charge in [0, 0.05) is 9.64 Å². The van der Waals surface area contributed by atoms with Gasteiger partial charge in [-0.05, 0) is 46.9 Å². The van der Waals surface area contributed by atoms with Crippen LogP contribution in [0.15, 0.2) is 36.4 Å². The number of hydrogen-bond acceptors (Lipinski definition) is 4. The largest absolute Gasteiger partial charge is 0.437 e. The quantitative estimate of drug-likeness (QED) is 0.879. The second-order valence-corrected chi connectivity index (χ2v) is 4.33. The lowest BCUT2D eigenvalue weighted by molar-refractivity contribution is 0.274. The molecule has 2 aromatic rings. The van der Waals surface area contributed by atoms with Gasteiger partial charge in [0.25, 0.3) is 0 Å². The van der Waals surface area contributed by atoms with Crippen molar-refractivity contribution in [3.8, 4) is 11.6 Å². The third-order valence-electron chi connectivity index (χ3n) is 1.88. The summed E-state index contributed by atoms with van der Waals surface area (Å²) in [5.74, 6) is 1.14. The summed E-state index contributed by atoms with van der Waals surface area (Å²) < 4.78 is 6.59. The van der Waals surface area contributed by atoms with E-state index in [0.29, 0.717) is 11.6 Å². The third kappa shape index (κ3) is 2.89. The van der Waals surface area contributed by atoms with Crippen molar-refractivity contribution >= 4 is 22.6 Å². The van der Waals surface area contributed by atoms with E-state index in [1.54, 1.807) is 12.1 Å². The molecule has 0 radical (unpaired) electrons. The lowest BCUT2D eigenvalue weighted by atomic mass is 10.3. The van der Waals surface area contributed by atoms with Crippen molar-refractivity contribution < 1.29 is 9.84 Å². The van der Waals surface area contributed by atoms with Gasteiger partial charge in [-0.25, -0.2) is 0 Å². The van der Waals surface area contributed by atoms with Gasteiger partial charge in [0.05, 0.1) is 12.3 Å². The molecule has 0 aliphatic heterocycles. The molecule has 0 unspecified atom stereocenters. The van der Waals surface area contributed by atoms with Gasteiger partial charge < -0.3 is 9.84 Å². The first-order chi connectivity index (χ1) is 7.78. The number of aliphatic hydroxyl groups is 1. The summed E-state index contributed by atoms with van der Waals surface area (Å²) in [6.45, 7) is -0.115. The molecule has 0 aliphatic carbocycles. The van der Waals surface area contributed by atoms with Gasteiger partial charge in [0.2, 0.25) is 5.88 Å². The van der Waals surface area contributed by atoms with Gasteiger partial charge in [-0.1, -0.05) is 6.07 Å². The minimum atomic E-state index is -0.115. The van der Waals surface area contributed by atoms with Crippen molar-refractivity contribution in [2.45, 2.75) is 6.61 Å². The second-order valence-electron chi connectivity index (χ2n) is 3.08. The standard InChI is InChI=1S/C11H9IN2O2/c12-8-2-1-3-10(6-8)16-11-5-4-9(7-15)13-14-11/h1-6,15H,7H2. The molecule has 1 heterocycles. The Morgan fingerprint density at radius 3 is 2.69 bits per heavy atom. The van der Waals surface area contributed by atoms with E-state index in [1.165, 1.54) is 0 Å². The lowest BCUT2D eigenvalue weighted by Gasteiger charge is -2.04. The summed E-state index contributed by atoms with van der Waals surface area (Å²) in [7, 11) is 0. The van der Waals surface area contributed by atoms with Crippen molar-refractivity contribution in [3.63, 3.8) is 0 Å². The van der Waals surface area contributed by atoms with Crippen molar-refractivity contribution in [3.05, 3.63) is 45.7 Å². The predicted molar refractivity (Wildman–Crippen MR) is 67.2 cm³/mol. The van der Waals surface area contributed by atoms with Crippen molar-refractivity contribution in [2.75, 3.05) is 0 Å². The van der Waals surface area contributed by atoms with Crippen molar-refractivity contribution in [1.29, 1.82) is 0 Å². The lowest BCUT2D eigenvalue weighted by Crippen LogP contribution is -1.94. The van der Waals surface area contributed by atoms with E-state index in [2.05, 4.69) is 32.8 Å². The molecular formula is C11H9IN2O2. The average Bonchev–Trinajstić information content (AvgIpc) is 2.30. The van der Waals surface area contributed by atoms with Crippen LogP contribution in [0.2, 0.25) is 0 Å².